The standard InChI is InChI=1S/C14H20N2O2/c1-10(13-7-2-3-8-15-13)16-14(18)11-5-4-6-12(17)9-11/h4-6,9-10,13,15,17H,2-3,7-8H2,1H3,(H,16,18). The average molecular weight is 248 g/mol. The molecule has 2 rings (SSSR count). The van der Waals surface area contributed by atoms with Crippen LogP contribution in [0, 0.1) is 0 Å². The quantitative estimate of drug-likeness (QED) is 0.762. The molecule has 1 fully saturated rings. The van der Waals surface area contributed by atoms with Gasteiger partial charge in [-0.2, -0.15) is 0 Å². The number of nitrogens with one attached hydrogen (secondary N) is 2. The van der Waals surface area contributed by atoms with E-state index in [0.29, 0.717) is 11.6 Å². The summed E-state index contributed by atoms with van der Waals surface area (Å²) < 4.78 is 0. The number of phenols is 1. The molecule has 1 aromatic rings. The maximum absolute atomic E-state index is 12.0. The lowest BCUT2D eigenvalue weighted by atomic mass is 9.99. The number of phenolic OH excluding ortho intramolecular Hbond substituents is 1. The smallest absolute Gasteiger partial charge is 0.251 e. The summed E-state index contributed by atoms with van der Waals surface area (Å²) in [6.07, 6.45) is 3.52. The van der Waals surface area contributed by atoms with Gasteiger partial charge >= 0.3 is 0 Å². The van der Waals surface area contributed by atoms with E-state index in [9.17, 15) is 9.90 Å². The summed E-state index contributed by atoms with van der Waals surface area (Å²) in [6.45, 7) is 3.04. The summed E-state index contributed by atoms with van der Waals surface area (Å²) >= 11 is 0. The number of rotatable bonds is 3. The Bertz CT molecular complexity index is 414. The number of aromatic hydroxyl groups is 1. The van der Waals surface area contributed by atoms with Crippen LogP contribution < -0.4 is 10.6 Å². The predicted molar refractivity (Wildman–Crippen MR) is 70.7 cm³/mol. The van der Waals surface area contributed by atoms with E-state index in [-0.39, 0.29) is 17.7 Å². The minimum absolute atomic E-state index is 0.0974. The Balaban J connectivity index is 1.94. The summed E-state index contributed by atoms with van der Waals surface area (Å²) in [5.74, 6) is -0.0168. The van der Waals surface area contributed by atoms with Crippen molar-refractivity contribution in [2.24, 2.45) is 0 Å². The zero-order valence-corrected chi connectivity index (χ0v) is 10.6. The summed E-state index contributed by atoms with van der Waals surface area (Å²) in [7, 11) is 0. The first-order valence-corrected chi connectivity index (χ1v) is 6.50. The van der Waals surface area contributed by atoms with Crippen LogP contribution in [0.15, 0.2) is 24.3 Å². The monoisotopic (exact) mass is 248 g/mol. The molecule has 1 aliphatic heterocycles. The van der Waals surface area contributed by atoms with Crippen molar-refractivity contribution in [3.05, 3.63) is 29.8 Å². The fourth-order valence-electron chi connectivity index (χ4n) is 2.34. The summed E-state index contributed by atoms with van der Waals surface area (Å²) in [5, 5.41) is 15.8. The van der Waals surface area contributed by atoms with Gasteiger partial charge in [0.2, 0.25) is 0 Å². The van der Waals surface area contributed by atoms with Gasteiger partial charge in [-0.15, -0.1) is 0 Å². The number of hydrogen-bond acceptors (Lipinski definition) is 3. The largest absolute Gasteiger partial charge is 0.508 e. The Morgan fingerprint density at radius 1 is 1.50 bits per heavy atom. The van der Waals surface area contributed by atoms with E-state index >= 15 is 0 Å². The van der Waals surface area contributed by atoms with Crippen molar-refractivity contribution < 1.29 is 9.90 Å². The van der Waals surface area contributed by atoms with Crippen LogP contribution in [0.5, 0.6) is 5.75 Å². The van der Waals surface area contributed by atoms with Gasteiger partial charge in [0.15, 0.2) is 0 Å². The molecule has 98 valence electrons. The van der Waals surface area contributed by atoms with Gasteiger partial charge in [-0.1, -0.05) is 12.5 Å². The molecule has 0 spiro atoms. The van der Waals surface area contributed by atoms with E-state index in [1.165, 1.54) is 18.9 Å². The summed E-state index contributed by atoms with van der Waals surface area (Å²) in [4.78, 5) is 12.0. The second-order valence-corrected chi connectivity index (χ2v) is 4.87. The Kier molecular flexibility index (Phi) is 4.20. The molecular weight excluding hydrogens is 228 g/mol. The molecule has 4 heteroatoms. The molecule has 1 aliphatic rings. The van der Waals surface area contributed by atoms with Crippen LogP contribution in [0.25, 0.3) is 0 Å². The van der Waals surface area contributed by atoms with E-state index in [0.717, 1.165) is 13.0 Å². The number of carbonyl (C=O) groups excluding carboxylic acids is 1. The van der Waals surface area contributed by atoms with Crippen LogP contribution in [0.1, 0.15) is 36.5 Å². The van der Waals surface area contributed by atoms with Crippen molar-refractivity contribution in [1.29, 1.82) is 0 Å². The topological polar surface area (TPSA) is 61.4 Å². The molecule has 0 aliphatic carbocycles. The van der Waals surface area contributed by atoms with Gasteiger partial charge in [0.25, 0.3) is 5.91 Å². The molecule has 2 unspecified atom stereocenters. The second kappa shape index (κ2) is 5.87. The molecule has 3 N–H and O–H groups in total. The highest BCUT2D eigenvalue weighted by atomic mass is 16.3. The van der Waals surface area contributed by atoms with E-state index in [1.54, 1.807) is 18.2 Å². The number of piperidine rings is 1. The normalized spacial score (nSPS) is 21.3. The maximum atomic E-state index is 12.0. The molecule has 2 atom stereocenters. The first kappa shape index (κ1) is 12.9. The van der Waals surface area contributed by atoms with Crippen molar-refractivity contribution >= 4 is 5.91 Å². The highest BCUT2D eigenvalue weighted by molar-refractivity contribution is 5.94. The SMILES string of the molecule is CC(NC(=O)c1cccc(O)c1)C1CCCCN1. The Hall–Kier alpha value is -1.55. The van der Waals surface area contributed by atoms with Crippen LogP contribution in [0.4, 0.5) is 0 Å². The highest BCUT2D eigenvalue weighted by Gasteiger charge is 2.21. The molecule has 1 amide bonds. The molecular formula is C14H20N2O2. The second-order valence-electron chi connectivity index (χ2n) is 4.87. The lowest BCUT2D eigenvalue weighted by Gasteiger charge is -2.29. The van der Waals surface area contributed by atoms with Crippen molar-refractivity contribution in [2.75, 3.05) is 6.54 Å². The lowest BCUT2D eigenvalue weighted by molar-refractivity contribution is 0.0927. The fourth-order valence-corrected chi connectivity index (χ4v) is 2.34. The fraction of sp³-hybridized carbons (Fsp3) is 0.500. The minimum Gasteiger partial charge on any atom is -0.508 e. The van der Waals surface area contributed by atoms with Crippen LogP contribution in [0.3, 0.4) is 0 Å². The highest BCUT2D eigenvalue weighted by Crippen LogP contribution is 2.13. The van der Waals surface area contributed by atoms with Crippen LogP contribution >= 0.6 is 0 Å². The van der Waals surface area contributed by atoms with E-state index in [4.69, 9.17) is 0 Å². The first-order chi connectivity index (χ1) is 8.66. The Morgan fingerprint density at radius 2 is 2.33 bits per heavy atom. The zero-order chi connectivity index (χ0) is 13.0. The van der Waals surface area contributed by atoms with Crippen molar-refractivity contribution in [2.45, 2.75) is 38.3 Å². The molecule has 0 bridgehead atoms. The van der Waals surface area contributed by atoms with Gasteiger partial charge in [-0.3, -0.25) is 4.79 Å². The molecule has 18 heavy (non-hydrogen) atoms. The van der Waals surface area contributed by atoms with E-state index in [2.05, 4.69) is 10.6 Å². The Morgan fingerprint density at radius 3 is 3.00 bits per heavy atom. The van der Waals surface area contributed by atoms with Crippen molar-refractivity contribution in [1.82, 2.24) is 10.6 Å². The van der Waals surface area contributed by atoms with Gasteiger partial charge in [0, 0.05) is 17.6 Å². The summed E-state index contributed by atoms with van der Waals surface area (Å²) in [5.41, 5.74) is 0.498. The number of carbonyl (C=O) groups is 1. The first-order valence-electron chi connectivity index (χ1n) is 6.50. The summed E-state index contributed by atoms with van der Waals surface area (Å²) in [6, 6.07) is 6.86. The molecule has 0 saturated carbocycles. The molecule has 1 saturated heterocycles. The number of benzene rings is 1. The third kappa shape index (κ3) is 3.23. The third-order valence-corrected chi connectivity index (χ3v) is 3.42. The lowest BCUT2D eigenvalue weighted by Crippen LogP contribution is -2.50. The van der Waals surface area contributed by atoms with Gasteiger partial charge in [-0.05, 0) is 44.5 Å². The van der Waals surface area contributed by atoms with Gasteiger partial charge in [0.1, 0.15) is 5.75 Å². The molecule has 0 radical (unpaired) electrons. The minimum atomic E-state index is -0.134. The van der Waals surface area contributed by atoms with Crippen LogP contribution in [0.2, 0.25) is 0 Å². The van der Waals surface area contributed by atoms with Crippen molar-refractivity contribution in [3.63, 3.8) is 0 Å². The third-order valence-electron chi connectivity index (χ3n) is 3.42. The van der Waals surface area contributed by atoms with Crippen LogP contribution in [-0.4, -0.2) is 29.6 Å². The van der Waals surface area contributed by atoms with Crippen LogP contribution in [-0.2, 0) is 0 Å². The average Bonchev–Trinajstić information content (AvgIpc) is 2.39. The van der Waals surface area contributed by atoms with E-state index in [1.807, 2.05) is 6.92 Å². The maximum Gasteiger partial charge on any atom is 0.251 e. The van der Waals surface area contributed by atoms with E-state index < -0.39 is 0 Å². The number of hydrogen-bond donors (Lipinski definition) is 3. The Labute approximate surface area is 107 Å². The predicted octanol–water partition coefficient (Wildman–Crippen LogP) is 1.65. The van der Waals surface area contributed by atoms with Gasteiger partial charge in [0.05, 0.1) is 0 Å². The molecule has 1 heterocycles. The van der Waals surface area contributed by atoms with Crippen molar-refractivity contribution in [3.8, 4) is 5.75 Å². The molecule has 0 aromatic heterocycles. The van der Waals surface area contributed by atoms with Gasteiger partial charge < -0.3 is 15.7 Å². The van der Waals surface area contributed by atoms with Gasteiger partial charge in [-0.25, -0.2) is 0 Å². The molecule has 4 nitrogen and oxygen atoms in total. The number of amides is 1. The zero-order valence-electron chi connectivity index (χ0n) is 10.6. The molecule has 1 aromatic carbocycles.